The summed E-state index contributed by atoms with van der Waals surface area (Å²) in [4.78, 5) is 22.9. The second-order valence-corrected chi connectivity index (χ2v) is 3.96. The highest BCUT2D eigenvalue weighted by Crippen LogP contribution is 2.27. The Morgan fingerprint density at radius 1 is 0.842 bits per heavy atom. The van der Waals surface area contributed by atoms with Crippen LogP contribution in [0.3, 0.4) is 0 Å². The van der Waals surface area contributed by atoms with Gasteiger partial charge in [-0.3, -0.25) is 9.59 Å². The van der Waals surface area contributed by atoms with Crippen molar-refractivity contribution in [2.45, 2.75) is 0 Å². The molecule has 0 aliphatic rings. The Balaban J connectivity index is 2.74. The highest BCUT2D eigenvalue weighted by atomic mass is 19.1. The van der Waals surface area contributed by atoms with Crippen LogP contribution in [-0.4, -0.2) is 11.8 Å². The van der Waals surface area contributed by atoms with E-state index in [0.717, 1.165) is 0 Å². The number of primary amides is 2. The summed E-state index contributed by atoms with van der Waals surface area (Å²) in [6.07, 6.45) is 0. The van der Waals surface area contributed by atoms with Gasteiger partial charge in [0.05, 0.1) is 0 Å². The molecule has 0 saturated carbocycles. The van der Waals surface area contributed by atoms with E-state index in [9.17, 15) is 14.0 Å². The molecule has 0 heterocycles. The lowest BCUT2D eigenvalue weighted by molar-refractivity contribution is 0.0999. The number of benzene rings is 2. The van der Waals surface area contributed by atoms with Crippen LogP contribution >= 0.6 is 0 Å². The molecule has 0 fully saturated rings. The fourth-order valence-corrected chi connectivity index (χ4v) is 1.89. The average Bonchev–Trinajstić information content (AvgIpc) is 2.38. The summed E-state index contributed by atoms with van der Waals surface area (Å²) in [6, 6.07) is 9.90. The van der Waals surface area contributed by atoms with Gasteiger partial charge in [-0.25, -0.2) is 4.39 Å². The molecule has 0 spiro atoms. The van der Waals surface area contributed by atoms with E-state index >= 15 is 0 Å². The van der Waals surface area contributed by atoms with E-state index in [1.165, 1.54) is 42.5 Å². The number of hydrogen-bond acceptors (Lipinski definition) is 2. The number of amides is 2. The van der Waals surface area contributed by atoms with Crippen molar-refractivity contribution in [3.05, 3.63) is 59.4 Å². The Hall–Kier alpha value is -2.69. The van der Waals surface area contributed by atoms with Gasteiger partial charge in [0.1, 0.15) is 5.82 Å². The minimum Gasteiger partial charge on any atom is -0.366 e. The molecule has 4 nitrogen and oxygen atoms in total. The SMILES string of the molecule is NC(=O)c1cccc(C(N)=O)c1-c1ccc(F)cc1. The Labute approximate surface area is 108 Å². The van der Waals surface area contributed by atoms with Crippen molar-refractivity contribution in [1.82, 2.24) is 0 Å². The van der Waals surface area contributed by atoms with Gasteiger partial charge in [0.15, 0.2) is 0 Å². The molecule has 2 aromatic rings. The molecular weight excluding hydrogens is 247 g/mol. The van der Waals surface area contributed by atoms with Crippen molar-refractivity contribution in [2.75, 3.05) is 0 Å². The largest absolute Gasteiger partial charge is 0.366 e. The molecular formula is C14H11FN2O2. The van der Waals surface area contributed by atoms with Gasteiger partial charge in [-0.1, -0.05) is 18.2 Å². The molecule has 2 amide bonds. The number of carbonyl (C=O) groups excluding carboxylic acids is 2. The van der Waals surface area contributed by atoms with E-state index in [0.29, 0.717) is 11.1 Å². The first-order chi connectivity index (χ1) is 9.00. The van der Waals surface area contributed by atoms with E-state index in [1.54, 1.807) is 0 Å². The molecule has 2 aromatic carbocycles. The van der Waals surface area contributed by atoms with Crippen molar-refractivity contribution >= 4 is 11.8 Å². The van der Waals surface area contributed by atoms with Crippen molar-refractivity contribution in [1.29, 1.82) is 0 Å². The number of rotatable bonds is 3. The molecule has 0 unspecified atom stereocenters. The van der Waals surface area contributed by atoms with E-state index in [-0.39, 0.29) is 11.1 Å². The van der Waals surface area contributed by atoms with E-state index in [4.69, 9.17) is 11.5 Å². The Kier molecular flexibility index (Phi) is 3.29. The van der Waals surface area contributed by atoms with Crippen molar-refractivity contribution in [3.8, 4) is 11.1 Å². The van der Waals surface area contributed by atoms with Crippen LogP contribution in [0.25, 0.3) is 11.1 Å². The molecule has 19 heavy (non-hydrogen) atoms. The molecule has 96 valence electrons. The van der Waals surface area contributed by atoms with Crippen molar-refractivity contribution in [3.63, 3.8) is 0 Å². The summed E-state index contributed by atoms with van der Waals surface area (Å²) >= 11 is 0. The average molecular weight is 258 g/mol. The molecule has 0 aromatic heterocycles. The first-order valence-corrected chi connectivity index (χ1v) is 5.49. The standard InChI is InChI=1S/C14H11FN2O2/c15-9-6-4-8(5-7-9)12-10(13(16)18)2-1-3-11(12)14(17)19/h1-7H,(H2,16,18)(H2,17,19). The molecule has 5 heteroatoms. The molecule has 0 radical (unpaired) electrons. The monoisotopic (exact) mass is 258 g/mol. The van der Waals surface area contributed by atoms with E-state index in [2.05, 4.69) is 0 Å². The third-order valence-corrected chi connectivity index (χ3v) is 2.73. The number of halogens is 1. The summed E-state index contributed by atoms with van der Waals surface area (Å²) in [7, 11) is 0. The Bertz CT molecular complexity index is 619. The fourth-order valence-electron chi connectivity index (χ4n) is 1.89. The Morgan fingerprint density at radius 3 is 1.74 bits per heavy atom. The topological polar surface area (TPSA) is 86.2 Å². The van der Waals surface area contributed by atoms with Crippen LogP contribution in [0.5, 0.6) is 0 Å². The van der Waals surface area contributed by atoms with Gasteiger partial charge in [-0.15, -0.1) is 0 Å². The summed E-state index contributed by atoms with van der Waals surface area (Å²) in [5, 5.41) is 0. The number of hydrogen-bond donors (Lipinski definition) is 2. The van der Waals surface area contributed by atoms with Crippen molar-refractivity contribution < 1.29 is 14.0 Å². The zero-order chi connectivity index (χ0) is 14.0. The number of nitrogens with two attached hydrogens (primary N) is 2. The highest BCUT2D eigenvalue weighted by molar-refractivity contribution is 6.08. The molecule has 0 aliphatic heterocycles. The van der Waals surface area contributed by atoms with Crippen LogP contribution in [0.2, 0.25) is 0 Å². The number of carbonyl (C=O) groups is 2. The predicted molar refractivity (Wildman–Crippen MR) is 68.9 cm³/mol. The lowest BCUT2D eigenvalue weighted by Gasteiger charge is -2.11. The van der Waals surface area contributed by atoms with Gasteiger partial charge in [0.2, 0.25) is 11.8 Å². The van der Waals surface area contributed by atoms with Gasteiger partial charge in [0, 0.05) is 16.7 Å². The van der Waals surface area contributed by atoms with Crippen molar-refractivity contribution in [2.24, 2.45) is 11.5 Å². The zero-order valence-corrected chi connectivity index (χ0v) is 9.89. The van der Waals surface area contributed by atoms with Crippen LogP contribution in [-0.2, 0) is 0 Å². The second-order valence-electron chi connectivity index (χ2n) is 3.96. The third-order valence-electron chi connectivity index (χ3n) is 2.73. The summed E-state index contributed by atoms with van der Waals surface area (Å²) in [5.74, 6) is -1.77. The highest BCUT2D eigenvalue weighted by Gasteiger charge is 2.17. The van der Waals surface area contributed by atoms with E-state index < -0.39 is 17.6 Å². The minimum absolute atomic E-state index is 0.169. The first-order valence-electron chi connectivity index (χ1n) is 5.49. The summed E-state index contributed by atoms with van der Waals surface area (Å²) in [6.45, 7) is 0. The van der Waals surface area contributed by atoms with Gasteiger partial charge >= 0.3 is 0 Å². The van der Waals surface area contributed by atoms with Crippen LogP contribution in [0, 0.1) is 5.82 Å². The van der Waals surface area contributed by atoms with Gasteiger partial charge in [-0.05, 0) is 29.8 Å². The van der Waals surface area contributed by atoms with Crippen LogP contribution in [0.15, 0.2) is 42.5 Å². The predicted octanol–water partition coefficient (Wildman–Crippen LogP) is 1.69. The fraction of sp³-hybridized carbons (Fsp3) is 0. The molecule has 0 aliphatic carbocycles. The molecule has 2 rings (SSSR count). The molecule has 0 saturated heterocycles. The van der Waals surface area contributed by atoms with E-state index in [1.807, 2.05) is 0 Å². The van der Waals surface area contributed by atoms with Crippen LogP contribution in [0.4, 0.5) is 4.39 Å². The zero-order valence-electron chi connectivity index (χ0n) is 9.89. The summed E-state index contributed by atoms with van der Waals surface area (Å²) in [5.41, 5.74) is 11.7. The minimum atomic E-state index is -0.678. The summed E-state index contributed by atoms with van der Waals surface area (Å²) < 4.78 is 12.9. The second kappa shape index (κ2) is 4.89. The Morgan fingerprint density at radius 2 is 1.32 bits per heavy atom. The lowest BCUT2D eigenvalue weighted by atomic mass is 9.93. The normalized spacial score (nSPS) is 10.2. The van der Waals surface area contributed by atoms with Crippen LogP contribution < -0.4 is 11.5 Å². The quantitative estimate of drug-likeness (QED) is 0.877. The van der Waals surface area contributed by atoms with Crippen LogP contribution in [0.1, 0.15) is 20.7 Å². The van der Waals surface area contributed by atoms with Gasteiger partial charge in [0.25, 0.3) is 0 Å². The molecule has 0 atom stereocenters. The maximum absolute atomic E-state index is 12.9. The maximum Gasteiger partial charge on any atom is 0.249 e. The molecule has 4 N–H and O–H groups in total. The molecule has 0 bridgehead atoms. The van der Waals surface area contributed by atoms with Gasteiger partial charge < -0.3 is 11.5 Å². The maximum atomic E-state index is 12.9. The lowest BCUT2D eigenvalue weighted by Crippen LogP contribution is -2.18. The van der Waals surface area contributed by atoms with Gasteiger partial charge in [-0.2, -0.15) is 0 Å². The smallest absolute Gasteiger partial charge is 0.249 e. The first kappa shape index (κ1) is 12.8. The third kappa shape index (κ3) is 2.44.